The van der Waals surface area contributed by atoms with Gasteiger partial charge in [-0.05, 0) is 25.1 Å². The molecule has 0 aliphatic carbocycles. The van der Waals surface area contributed by atoms with Crippen molar-refractivity contribution in [1.82, 2.24) is 24.7 Å². The Balaban J connectivity index is 1.45. The van der Waals surface area contributed by atoms with Gasteiger partial charge in [-0.1, -0.05) is 18.2 Å². The minimum Gasteiger partial charge on any atom is -0.494 e. The lowest BCUT2D eigenvalue weighted by Crippen LogP contribution is -2.08. The van der Waals surface area contributed by atoms with Crippen molar-refractivity contribution in [3.8, 4) is 17.3 Å². The smallest absolute Gasteiger partial charge is 0.280 e. The summed E-state index contributed by atoms with van der Waals surface area (Å²) >= 11 is 0. The summed E-state index contributed by atoms with van der Waals surface area (Å²) in [6.07, 6.45) is -1.60. The summed E-state index contributed by atoms with van der Waals surface area (Å²) in [4.78, 5) is 12.7. The third kappa shape index (κ3) is 5.24. The molecule has 0 saturated carbocycles. The molecule has 0 bridgehead atoms. The molecule has 6 rings (SSSR count). The molecule has 3 aromatic heterocycles. The molecule has 1 aliphatic heterocycles. The Bertz CT molecular complexity index is 1930. The predicted molar refractivity (Wildman–Crippen MR) is 146 cm³/mol. The first-order chi connectivity index (χ1) is 20.1. The SMILES string of the molecule is CCOc1cc(F)c(Cn2nc(-c3nc4c(c(Nc5ccnc(C(F)F)c5)n3)CS(=O)(=O)C4)c3ccccc32)c(F)c1. The van der Waals surface area contributed by atoms with E-state index in [0.29, 0.717) is 16.5 Å². The molecule has 0 amide bonds. The maximum absolute atomic E-state index is 14.9. The first kappa shape index (κ1) is 27.6. The highest BCUT2D eigenvalue weighted by Gasteiger charge is 2.31. The van der Waals surface area contributed by atoms with Gasteiger partial charge in [-0.3, -0.25) is 9.67 Å². The number of nitrogens with one attached hydrogen (secondary N) is 1. The Morgan fingerprint density at radius 3 is 2.55 bits per heavy atom. The molecule has 2 aromatic carbocycles. The Morgan fingerprint density at radius 2 is 1.81 bits per heavy atom. The van der Waals surface area contributed by atoms with Gasteiger partial charge < -0.3 is 10.1 Å². The number of pyridine rings is 1. The van der Waals surface area contributed by atoms with E-state index in [1.807, 2.05) is 0 Å². The van der Waals surface area contributed by atoms with Crippen molar-refractivity contribution < 1.29 is 30.7 Å². The van der Waals surface area contributed by atoms with Crippen LogP contribution in [0.2, 0.25) is 0 Å². The molecule has 0 radical (unpaired) electrons. The lowest BCUT2D eigenvalue weighted by atomic mass is 10.1. The molecule has 0 atom stereocenters. The van der Waals surface area contributed by atoms with Crippen LogP contribution < -0.4 is 10.1 Å². The molecule has 0 unspecified atom stereocenters. The lowest BCUT2D eigenvalue weighted by molar-refractivity contribution is 0.146. The van der Waals surface area contributed by atoms with E-state index in [1.165, 1.54) is 16.9 Å². The summed E-state index contributed by atoms with van der Waals surface area (Å²) in [5.41, 5.74) is 0.876. The van der Waals surface area contributed by atoms with E-state index in [2.05, 4.69) is 25.4 Å². The summed E-state index contributed by atoms with van der Waals surface area (Å²) in [6.45, 7) is 1.69. The van der Waals surface area contributed by atoms with Crippen LogP contribution in [-0.4, -0.2) is 39.8 Å². The van der Waals surface area contributed by atoms with Crippen LogP contribution in [0.15, 0.2) is 54.7 Å². The number of nitrogens with zero attached hydrogens (tertiary/aromatic N) is 5. The number of benzene rings is 2. The number of halogens is 4. The quantitative estimate of drug-likeness (QED) is 0.226. The minimum absolute atomic E-state index is 0.0547. The number of fused-ring (bicyclic) bond motifs is 2. The Kier molecular flexibility index (Phi) is 7.01. The molecule has 0 fully saturated rings. The molecule has 1 N–H and O–H groups in total. The zero-order valence-electron chi connectivity index (χ0n) is 22.0. The van der Waals surface area contributed by atoms with Crippen molar-refractivity contribution in [2.45, 2.75) is 31.4 Å². The van der Waals surface area contributed by atoms with Gasteiger partial charge in [0.1, 0.15) is 34.6 Å². The van der Waals surface area contributed by atoms with E-state index in [9.17, 15) is 26.0 Å². The van der Waals surface area contributed by atoms with E-state index in [0.717, 1.165) is 18.2 Å². The van der Waals surface area contributed by atoms with E-state index in [1.54, 1.807) is 31.2 Å². The maximum Gasteiger partial charge on any atom is 0.280 e. The second kappa shape index (κ2) is 10.7. The van der Waals surface area contributed by atoms with Crippen molar-refractivity contribution in [3.05, 3.63) is 88.9 Å². The topological polar surface area (TPSA) is 112 Å². The normalized spacial score (nSPS) is 14.0. The minimum atomic E-state index is -3.53. The Labute approximate surface area is 237 Å². The third-order valence-electron chi connectivity index (χ3n) is 6.68. The number of alkyl halides is 2. The van der Waals surface area contributed by atoms with Crippen LogP contribution >= 0.6 is 0 Å². The standard InChI is InChI=1S/C28H22F4N6O3S/c1-2-41-16-10-20(29)18(21(30)11-16)12-38-24-6-4-3-5-17(24)25(37-38)28-35-23-14-42(39,40)13-19(23)27(36-28)34-15-7-8-33-22(9-15)26(31)32/h3-11,26H,2,12-14H2,1H3,(H,33,34,35,36). The first-order valence-electron chi connectivity index (χ1n) is 12.8. The second-order valence-electron chi connectivity index (χ2n) is 9.57. The molecule has 42 heavy (non-hydrogen) atoms. The van der Waals surface area contributed by atoms with Gasteiger partial charge in [0.15, 0.2) is 15.7 Å². The zero-order valence-corrected chi connectivity index (χ0v) is 22.8. The molecule has 5 aromatic rings. The van der Waals surface area contributed by atoms with Gasteiger partial charge in [0.2, 0.25) is 0 Å². The second-order valence-corrected chi connectivity index (χ2v) is 11.6. The number of anilines is 2. The zero-order chi connectivity index (χ0) is 29.6. The fraction of sp³-hybridized carbons (Fsp3) is 0.214. The summed E-state index contributed by atoms with van der Waals surface area (Å²) in [6, 6.07) is 11.7. The fourth-order valence-corrected chi connectivity index (χ4v) is 6.32. The van der Waals surface area contributed by atoms with E-state index < -0.39 is 33.6 Å². The van der Waals surface area contributed by atoms with Crippen LogP contribution in [0.1, 0.15) is 35.9 Å². The van der Waals surface area contributed by atoms with Crippen molar-refractivity contribution in [1.29, 1.82) is 0 Å². The van der Waals surface area contributed by atoms with Crippen LogP contribution in [0, 0.1) is 11.6 Å². The number of aromatic nitrogens is 5. The van der Waals surface area contributed by atoms with Gasteiger partial charge in [0.25, 0.3) is 6.43 Å². The summed E-state index contributed by atoms with van der Waals surface area (Å²) < 4.78 is 88.0. The van der Waals surface area contributed by atoms with E-state index >= 15 is 0 Å². The van der Waals surface area contributed by atoms with Crippen molar-refractivity contribution in [2.24, 2.45) is 0 Å². The van der Waals surface area contributed by atoms with Gasteiger partial charge in [-0.2, -0.15) is 5.10 Å². The molecule has 0 spiro atoms. The maximum atomic E-state index is 14.9. The lowest BCUT2D eigenvalue weighted by Gasteiger charge is -2.12. The van der Waals surface area contributed by atoms with Crippen LogP contribution in [0.3, 0.4) is 0 Å². The fourth-order valence-electron chi connectivity index (χ4n) is 4.82. The van der Waals surface area contributed by atoms with Gasteiger partial charge in [-0.25, -0.2) is 35.9 Å². The van der Waals surface area contributed by atoms with Crippen LogP contribution in [0.4, 0.5) is 29.1 Å². The number of sulfone groups is 1. The average molecular weight is 599 g/mol. The molecule has 0 saturated heterocycles. The van der Waals surface area contributed by atoms with Crippen molar-refractivity contribution in [3.63, 3.8) is 0 Å². The van der Waals surface area contributed by atoms with Gasteiger partial charge in [0, 0.05) is 40.5 Å². The number of rotatable bonds is 8. The molecule has 14 heteroatoms. The van der Waals surface area contributed by atoms with Crippen molar-refractivity contribution in [2.75, 3.05) is 11.9 Å². The molecular formula is C28H22F4N6O3S. The van der Waals surface area contributed by atoms with Gasteiger partial charge in [-0.15, -0.1) is 0 Å². The molecule has 1 aliphatic rings. The highest BCUT2D eigenvalue weighted by molar-refractivity contribution is 7.90. The Hall–Kier alpha value is -4.59. The number of ether oxygens (including phenoxy) is 1. The summed E-state index contributed by atoms with van der Waals surface area (Å²) in [5.74, 6) is -2.03. The van der Waals surface area contributed by atoms with E-state index in [4.69, 9.17) is 4.74 Å². The molecule has 9 nitrogen and oxygen atoms in total. The van der Waals surface area contributed by atoms with E-state index in [-0.39, 0.29) is 64.7 Å². The Morgan fingerprint density at radius 1 is 1.05 bits per heavy atom. The predicted octanol–water partition coefficient (Wildman–Crippen LogP) is 5.72. The van der Waals surface area contributed by atoms with Crippen LogP contribution in [0.25, 0.3) is 22.4 Å². The average Bonchev–Trinajstić information content (AvgIpc) is 3.47. The molecule has 216 valence electrons. The van der Waals surface area contributed by atoms with Crippen LogP contribution in [0.5, 0.6) is 5.75 Å². The first-order valence-corrected chi connectivity index (χ1v) is 14.6. The van der Waals surface area contributed by atoms with Gasteiger partial charge in [0.05, 0.1) is 35.9 Å². The number of hydrogen-bond acceptors (Lipinski definition) is 8. The summed E-state index contributed by atoms with van der Waals surface area (Å²) in [5, 5.41) is 8.08. The molecular weight excluding hydrogens is 576 g/mol. The largest absolute Gasteiger partial charge is 0.494 e. The highest BCUT2D eigenvalue weighted by atomic mass is 32.2. The molecule has 4 heterocycles. The number of hydrogen-bond donors (Lipinski definition) is 1. The third-order valence-corrected chi connectivity index (χ3v) is 8.13. The van der Waals surface area contributed by atoms with Gasteiger partial charge >= 0.3 is 0 Å². The van der Waals surface area contributed by atoms with Crippen LogP contribution in [-0.2, 0) is 27.9 Å². The monoisotopic (exact) mass is 598 g/mol. The summed E-state index contributed by atoms with van der Waals surface area (Å²) in [7, 11) is -3.53. The van der Waals surface area contributed by atoms with Crippen molar-refractivity contribution >= 4 is 32.2 Å². The number of para-hydroxylation sites is 1. The highest BCUT2D eigenvalue weighted by Crippen LogP contribution is 2.35.